The lowest BCUT2D eigenvalue weighted by atomic mass is 10.00. The predicted octanol–water partition coefficient (Wildman–Crippen LogP) is 2.20. The van der Waals surface area contributed by atoms with Crippen molar-refractivity contribution in [2.75, 3.05) is 19.7 Å². The monoisotopic (exact) mass is 357 g/mol. The van der Waals surface area contributed by atoms with Gasteiger partial charge in [-0.3, -0.25) is 4.79 Å². The highest BCUT2D eigenvalue weighted by molar-refractivity contribution is 9.10. The molecule has 1 amide bonds. The molecule has 4 nitrogen and oxygen atoms in total. The molecule has 1 N–H and O–H groups in total. The first-order valence-corrected chi connectivity index (χ1v) is 7.87. The summed E-state index contributed by atoms with van der Waals surface area (Å²) in [7, 11) is 0. The van der Waals surface area contributed by atoms with Gasteiger partial charge in [0.1, 0.15) is 0 Å². The number of amides is 1. The van der Waals surface area contributed by atoms with Crippen LogP contribution in [0.15, 0.2) is 22.7 Å². The predicted molar refractivity (Wildman–Crippen MR) is 78.4 cm³/mol. The summed E-state index contributed by atoms with van der Waals surface area (Å²) in [6.07, 6.45) is 1.51. The molecule has 3 atom stereocenters. The third kappa shape index (κ3) is 3.06. The van der Waals surface area contributed by atoms with E-state index in [2.05, 4.69) is 15.9 Å². The topological polar surface area (TPSA) is 49.8 Å². The summed E-state index contributed by atoms with van der Waals surface area (Å²) in [5.41, 5.74) is 0. The Morgan fingerprint density at radius 1 is 1.43 bits per heavy atom. The fourth-order valence-corrected chi connectivity index (χ4v) is 3.60. The van der Waals surface area contributed by atoms with E-state index in [1.165, 1.54) is 12.1 Å². The summed E-state index contributed by atoms with van der Waals surface area (Å²) in [6, 6.07) is 4.46. The van der Waals surface area contributed by atoms with E-state index in [0.717, 1.165) is 12.8 Å². The Kier molecular flexibility index (Phi) is 4.17. The summed E-state index contributed by atoms with van der Waals surface area (Å²) < 4.78 is 19.5. The fourth-order valence-electron chi connectivity index (χ4n) is 3.26. The number of hydrogen-bond donors (Lipinski definition) is 1. The van der Waals surface area contributed by atoms with Crippen molar-refractivity contribution in [3.8, 4) is 5.75 Å². The second kappa shape index (κ2) is 5.93. The van der Waals surface area contributed by atoms with Crippen LogP contribution in [0.25, 0.3) is 0 Å². The van der Waals surface area contributed by atoms with Crippen LogP contribution in [-0.2, 0) is 4.79 Å². The highest BCUT2D eigenvalue weighted by Crippen LogP contribution is 2.38. The van der Waals surface area contributed by atoms with Crippen molar-refractivity contribution in [2.45, 2.75) is 18.9 Å². The van der Waals surface area contributed by atoms with Crippen molar-refractivity contribution < 1.29 is 19.0 Å². The van der Waals surface area contributed by atoms with Gasteiger partial charge in [0.05, 0.1) is 6.10 Å². The number of benzene rings is 1. The Labute approximate surface area is 131 Å². The molecule has 0 radical (unpaired) electrons. The van der Waals surface area contributed by atoms with E-state index in [1.54, 1.807) is 11.0 Å². The van der Waals surface area contributed by atoms with Gasteiger partial charge in [0.15, 0.2) is 18.2 Å². The molecule has 1 saturated carbocycles. The van der Waals surface area contributed by atoms with Crippen molar-refractivity contribution in [3.05, 3.63) is 28.5 Å². The maximum atomic E-state index is 13.6. The van der Waals surface area contributed by atoms with Gasteiger partial charge in [-0.2, -0.15) is 0 Å². The zero-order valence-electron chi connectivity index (χ0n) is 11.5. The average Bonchev–Trinajstić information content (AvgIpc) is 3.00. The second-order valence-electron chi connectivity index (χ2n) is 5.73. The first kappa shape index (κ1) is 14.8. The third-order valence-electron chi connectivity index (χ3n) is 4.42. The summed E-state index contributed by atoms with van der Waals surface area (Å²) in [5.74, 6) is 0.0162. The minimum absolute atomic E-state index is 0.0750. The van der Waals surface area contributed by atoms with Crippen LogP contribution in [-0.4, -0.2) is 41.7 Å². The molecule has 2 fully saturated rings. The van der Waals surface area contributed by atoms with Crippen molar-refractivity contribution >= 4 is 21.8 Å². The Balaban J connectivity index is 1.55. The molecule has 1 heterocycles. The Morgan fingerprint density at radius 3 is 2.95 bits per heavy atom. The van der Waals surface area contributed by atoms with Gasteiger partial charge in [0.2, 0.25) is 0 Å². The molecule has 1 aliphatic heterocycles. The first-order chi connectivity index (χ1) is 10.0. The normalized spacial score (nSPS) is 27.8. The molecular formula is C15H17BrFNO3. The third-order valence-corrected chi connectivity index (χ3v) is 4.91. The first-order valence-electron chi connectivity index (χ1n) is 7.08. The van der Waals surface area contributed by atoms with Crippen molar-refractivity contribution in [1.82, 2.24) is 4.90 Å². The molecule has 0 spiro atoms. The molecule has 21 heavy (non-hydrogen) atoms. The van der Waals surface area contributed by atoms with Gasteiger partial charge in [-0.25, -0.2) is 4.39 Å². The van der Waals surface area contributed by atoms with E-state index in [4.69, 9.17) is 4.74 Å². The highest BCUT2D eigenvalue weighted by Gasteiger charge is 2.43. The minimum atomic E-state index is -0.495. The summed E-state index contributed by atoms with van der Waals surface area (Å²) in [5, 5.41) is 9.85. The van der Waals surface area contributed by atoms with E-state index in [-0.39, 0.29) is 30.3 Å². The number of ether oxygens (including phenoxy) is 1. The molecule has 1 saturated heterocycles. The van der Waals surface area contributed by atoms with Crippen LogP contribution in [0.4, 0.5) is 4.39 Å². The maximum Gasteiger partial charge on any atom is 0.260 e. The van der Waals surface area contributed by atoms with Crippen molar-refractivity contribution in [3.63, 3.8) is 0 Å². The number of hydrogen-bond acceptors (Lipinski definition) is 3. The second-order valence-corrected chi connectivity index (χ2v) is 6.65. The van der Waals surface area contributed by atoms with Crippen LogP contribution >= 0.6 is 15.9 Å². The molecule has 1 aromatic carbocycles. The van der Waals surface area contributed by atoms with Crippen LogP contribution in [0.5, 0.6) is 5.75 Å². The van der Waals surface area contributed by atoms with Crippen LogP contribution < -0.4 is 4.74 Å². The van der Waals surface area contributed by atoms with Gasteiger partial charge < -0.3 is 14.7 Å². The number of aliphatic hydroxyl groups is 1. The number of carbonyl (C=O) groups excluding carboxylic acids is 1. The SMILES string of the molecule is O=C(COc1ccc(Br)cc1F)N1CC2CCC(O)C2C1. The van der Waals surface area contributed by atoms with E-state index in [1.807, 2.05) is 0 Å². The molecule has 1 aliphatic carbocycles. The quantitative estimate of drug-likeness (QED) is 0.901. The van der Waals surface area contributed by atoms with Gasteiger partial charge in [0.25, 0.3) is 5.91 Å². The number of halogens is 2. The number of nitrogens with zero attached hydrogens (tertiary/aromatic N) is 1. The fraction of sp³-hybridized carbons (Fsp3) is 0.533. The lowest BCUT2D eigenvalue weighted by Gasteiger charge is -2.18. The molecular weight excluding hydrogens is 341 g/mol. The zero-order valence-corrected chi connectivity index (χ0v) is 13.1. The number of carbonyl (C=O) groups is 1. The lowest BCUT2D eigenvalue weighted by molar-refractivity contribution is -0.132. The van der Waals surface area contributed by atoms with Crippen LogP contribution in [0.3, 0.4) is 0 Å². The van der Waals surface area contributed by atoms with Crippen LogP contribution in [0.2, 0.25) is 0 Å². The van der Waals surface area contributed by atoms with Crippen molar-refractivity contribution in [1.29, 1.82) is 0 Å². The number of aliphatic hydroxyl groups excluding tert-OH is 1. The highest BCUT2D eigenvalue weighted by atomic mass is 79.9. The largest absolute Gasteiger partial charge is 0.481 e. The van der Waals surface area contributed by atoms with E-state index in [9.17, 15) is 14.3 Å². The number of likely N-dealkylation sites (tertiary alicyclic amines) is 1. The smallest absolute Gasteiger partial charge is 0.260 e. The molecule has 6 heteroatoms. The molecule has 1 aromatic rings. The summed E-state index contributed by atoms with van der Waals surface area (Å²) >= 11 is 3.17. The Bertz CT molecular complexity index is 554. The zero-order chi connectivity index (χ0) is 15.0. The standard InChI is InChI=1S/C15H17BrFNO3/c16-10-2-4-14(12(17)5-10)21-8-15(20)18-6-9-1-3-13(19)11(9)7-18/h2,4-5,9,11,13,19H,1,3,6-8H2. The Hall–Kier alpha value is -1.14. The minimum Gasteiger partial charge on any atom is -0.481 e. The van der Waals surface area contributed by atoms with E-state index in [0.29, 0.717) is 23.5 Å². The maximum absolute atomic E-state index is 13.6. The van der Waals surface area contributed by atoms with Gasteiger partial charge >= 0.3 is 0 Å². The van der Waals surface area contributed by atoms with Gasteiger partial charge in [0, 0.05) is 23.5 Å². The summed E-state index contributed by atoms with van der Waals surface area (Å²) in [4.78, 5) is 13.8. The van der Waals surface area contributed by atoms with E-state index < -0.39 is 5.82 Å². The van der Waals surface area contributed by atoms with Gasteiger partial charge in [-0.05, 0) is 37.0 Å². The Morgan fingerprint density at radius 2 is 2.24 bits per heavy atom. The van der Waals surface area contributed by atoms with Crippen LogP contribution in [0.1, 0.15) is 12.8 Å². The molecule has 0 aromatic heterocycles. The molecule has 114 valence electrons. The summed E-state index contributed by atoms with van der Waals surface area (Å²) in [6.45, 7) is 1.08. The van der Waals surface area contributed by atoms with Crippen molar-refractivity contribution in [2.24, 2.45) is 11.8 Å². The average molecular weight is 358 g/mol. The van der Waals surface area contributed by atoms with Crippen LogP contribution in [0, 0.1) is 17.7 Å². The number of rotatable bonds is 3. The van der Waals surface area contributed by atoms with Gasteiger partial charge in [-0.15, -0.1) is 0 Å². The number of fused-ring (bicyclic) bond motifs is 1. The molecule has 3 rings (SSSR count). The molecule has 0 bridgehead atoms. The van der Waals surface area contributed by atoms with E-state index >= 15 is 0 Å². The van der Waals surface area contributed by atoms with Gasteiger partial charge in [-0.1, -0.05) is 15.9 Å². The molecule has 2 aliphatic rings. The molecule has 3 unspecified atom stereocenters. The lowest BCUT2D eigenvalue weighted by Crippen LogP contribution is -2.34.